The van der Waals surface area contributed by atoms with Crippen molar-refractivity contribution in [3.05, 3.63) is 77.4 Å². The highest BCUT2D eigenvalue weighted by Gasteiger charge is 2.13. The zero-order valence-electron chi connectivity index (χ0n) is 13.6. The van der Waals surface area contributed by atoms with Gasteiger partial charge in [-0.25, -0.2) is 14.8 Å². The molecule has 8 nitrogen and oxygen atoms in total. The zero-order valence-corrected chi connectivity index (χ0v) is 13.6. The Labute approximate surface area is 146 Å². The second kappa shape index (κ2) is 5.62. The number of nitrogens with zero attached hydrogens (tertiary/aromatic N) is 6. The number of aromatic nitrogens is 7. The smallest absolute Gasteiger partial charge is 0.303 e. The summed E-state index contributed by atoms with van der Waals surface area (Å²) < 4.78 is 3.40. The molecule has 4 heterocycles. The van der Waals surface area contributed by atoms with E-state index in [0.717, 1.165) is 16.6 Å². The van der Waals surface area contributed by atoms with E-state index >= 15 is 0 Å². The normalized spacial score (nSPS) is 11.4. The van der Waals surface area contributed by atoms with Crippen molar-refractivity contribution in [2.75, 3.05) is 0 Å². The molecule has 0 radical (unpaired) electrons. The van der Waals surface area contributed by atoms with Crippen LogP contribution in [0, 0.1) is 0 Å². The number of pyridine rings is 1. The van der Waals surface area contributed by atoms with E-state index in [2.05, 4.69) is 24.9 Å². The molecule has 8 heteroatoms. The summed E-state index contributed by atoms with van der Waals surface area (Å²) in [5, 5.41) is 0. The topological polar surface area (TPSA) is 94.3 Å². The quantitative estimate of drug-likeness (QED) is 0.540. The average Bonchev–Trinajstić information content (AvgIpc) is 3.24. The molecular formula is C18H13N7O. The lowest BCUT2D eigenvalue weighted by Crippen LogP contribution is -2.18. The molecule has 126 valence electrons. The Morgan fingerprint density at radius 3 is 2.77 bits per heavy atom. The van der Waals surface area contributed by atoms with E-state index in [-0.39, 0.29) is 5.69 Å². The Bertz CT molecular complexity index is 1280. The van der Waals surface area contributed by atoms with Gasteiger partial charge in [0.05, 0.1) is 23.8 Å². The van der Waals surface area contributed by atoms with Gasteiger partial charge in [0.15, 0.2) is 5.65 Å². The molecule has 1 aromatic carbocycles. The molecule has 1 N–H and O–H groups in total. The molecule has 0 bridgehead atoms. The van der Waals surface area contributed by atoms with E-state index in [1.54, 1.807) is 29.5 Å². The van der Waals surface area contributed by atoms with Gasteiger partial charge in [0.2, 0.25) is 5.95 Å². The molecule has 0 unspecified atom stereocenters. The van der Waals surface area contributed by atoms with Crippen LogP contribution in [0.15, 0.2) is 66.1 Å². The number of nitrogens with one attached hydrogen (secondary N) is 1. The SMILES string of the molecule is O=c1[nH]c2cnc(-n3cnc4ccccc43)nc2n1Cc1ccncc1. The Morgan fingerprint density at radius 1 is 1.04 bits per heavy atom. The molecule has 0 aliphatic rings. The van der Waals surface area contributed by atoms with Gasteiger partial charge in [0, 0.05) is 12.4 Å². The van der Waals surface area contributed by atoms with Crippen LogP contribution < -0.4 is 5.69 Å². The molecule has 4 aromatic heterocycles. The maximum absolute atomic E-state index is 12.4. The van der Waals surface area contributed by atoms with Crippen LogP contribution in [0.4, 0.5) is 0 Å². The molecule has 26 heavy (non-hydrogen) atoms. The molecule has 0 saturated heterocycles. The summed E-state index contributed by atoms with van der Waals surface area (Å²) in [7, 11) is 0. The third-order valence-corrected chi connectivity index (χ3v) is 4.26. The highest BCUT2D eigenvalue weighted by atomic mass is 16.1. The Kier molecular flexibility index (Phi) is 3.14. The van der Waals surface area contributed by atoms with Crippen LogP contribution in [0.5, 0.6) is 0 Å². The predicted molar refractivity (Wildman–Crippen MR) is 96.1 cm³/mol. The predicted octanol–water partition coefficient (Wildman–Crippen LogP) is 1.90. The molecule has 0 saturated carbocycles. The minimum Gasteiger partial charge on any atom is -0.303 e. The van der Waals surface area contributed by atoms with Gasteiger partial charge >= 0.3 is 5.69 Å². The van der Waals surface area contributed by atoms with Gasteiger partial charge in [-0.1, -0.05) is 12.1 Å². The fourth-order valence-corrected chi connectivity index (χ4v) is 2.99. The number of aromatic amines is 1. The van der Waals surface area contributed by atoms with E-state index in [1.807, 2.05) is 41.0 Å². The number of para-hydroxylation sites is 2. The van der Waals surface area contributed by atoms with Crippen LogP contribution in [-0.2, 0) is 6.54 Å². The third kappa shape index (κ3) is 2.27. The van der Waals surface area contributed by atoms with Gasteiger partial charge < -0.3 is 4.98 Å². The number of fused-ring (bicyclic) bond motifs is 2. The number of hydrogen-bond donors (Lipinski definition) is 1. The molecule has 0 amide bonds. The van der Waals surface area contributed by atoms with Crippen LogP contribution >= 0.6 is 0 Å². The van der Waals surface area contributed by atoms with Gasteiger partial charge in [-0.15, -0.1) is 0 Å². The van der Waals surface area contributed by atoms with Crippen molar-refractivity contribution in [1.82, 2.24) is 34.1 Å². The standard InChI is InChI=1S/C18H13N7O/c26-18-22-14-9-20-17(25-11-21-13-3-1-2-4-15(13)25)23-16(14)24(18)10-12-5-7-19-8-6-12/h1-9,11H,10H2,(H,22,26). The largest absolute Gasteiger partial charge is 0.328 e. The summed E-state index contributed by atoms with van der Waals surface area (Å²) in [6, 6.07) is 11.5. The summed E-state index contributed by atoms with van der Waals surface area (Å²) >= 11 is 0. The minimum absolute atomic E-state index is 0.223. The summed E-state index contributed by atoms with van der Waals surface area (Å²) in [6.45, 7) is 0.405. The number of H-pyrrole nitrogens is 1. The molecule has 0 spiro atoms. The van der Waals surface area contributed by atoms with Gasteiger partial charge in [0.25, 0.3) is 0 Å². The fourth-order valence-electron chi connectivity index (χ4n) is 2.99. The lowest BCUT2D eigenvalue weighted by molar-refractivity contribution is 0.773. The first-order chi connectivity index (χ1) is 12.8. The van der Waals surface area contributed by atoms with Crippen molar-refractivity contribution in [3.8, 4) is 5.95 Å². The van der Waals surface area contributed by atoms with E-state index in [0.29, 0.717) is 23.7 Å². The Balaban J connectivity index is 1.67. The fraction of sp³-hybridized carbons (Fsp3) is 0.0556. The van der Waals surface area contributed by atoms with Crippen LogP contribution in [0.1, 0.15) is 5.56 Å². The molecule has 0 aliphatic heterocycles. The van der Waals surface area contributed by atoms with Crippen molar-refractivity contribution in [2.45, 2.75) is 6.54 Å². The molecule has 0 atom stereocenters. The van der Waals surface area contributed by atoms with Gasteiger partial charge in [0.1, 0.15) is 11.8 Å². The first-order valence-electron chi connectivity index (χ1n) is 8.06. The second-order valence-corrected chi connectivity index (χ2v) is 5.88. The van der Waals surface area contributed by atoms with Gasteiger partial charge in [-0.3, -0.25) is 14.1 Å². The van der Waals surface area contributed by atoms with E-state index < -0.39 is 0 Å². The Morgan fingerprint density at radius 2 is 1.88 bits per heavy atom. The highest BCUT2D eigenvalue weighted by molar-refractivity contribution is 5.77. The lowest BCUT2D eigenvalue weighted by Gasteiger charge is -2.05. The van der Waals surface area contributed by atoms with E-state index in [4.69, 9.17) is 0 Å². The zero-order chi connectivity index (χ0) is 17.5. The first-order valence-corrected chi connectivity index (χ1v) is 8.06. The first kappa shape index (κ1) is 14.5. The van der Waals surface area contributed by atoms with E-state index in [1.165, 1.54) is 0 Å². The van der Waals surface area contributed by atoms with E-state index in [9.17, 15) is 4.79 Å². The van der Waals surface area contributed by atoms with Gasteiger partial charge in [-0.05, 0) is 29.8 Å². The van der Waals surface area contributed by atoms with Crippen LogP contribution in [0.2, 0.25) is 0 Å². The molecule has 5 aromatic rings. The van der Waals surface area contributed by atoms with Crippen molar-refractivity contribution < 1.29 is 0 Å². The maximum atomic E-state index is 12.4. The molecule has 5 rings (SSSR count). The summed E-state index contributed by atoms with van der Waals surface area (Å²) in [5.41, 5.74) is 3.66. The molecular weight excluding hydrogens is 330 g/mol. The van der Waals surface area contributed by atoms with Gasteiger partial charge in [-0.2, -0.15) is 4.98 Å². The lowest BCUT2D eigenvalue weighted by atomic mass is 10.3. The van der Waals surface area contributed by atoms with Crippen LogP contribution in [0.25, 0.3) is 28.1 Å². The monoisotopic (exact) mass is 343 g/mol. The van der Waals surface area contributed by atoms with Crippen LogP contribution in [-0.4, -0.2) is 34.1 Å². The Hall–Kier alpha value is -3.81. The highest BCUT2D eigenvalue weighted by Crippen LogP contribution is 2.17. The van der Waals surface area contributed by atoms with Crippen molar-refractivity contribution in [3.63, 3.8) is 0 Å². The van der Waals surface area contributed by atoms with Crippen molar-refractivity contribution in [1.29, 1.82) is 0 Å². The average molecular weight is 343 g/mol. The third-order valence-electron chi connectivity index (χ3n) is 4.26. The van der Waals surface area contributed by atoms with Crippen molar-refractivity contribution in [2.24, 2.45) is 0 Å². The molecule has 0 fully saturated rings. The number of rotatable bonds is 3. The van der Waals surface area contributed by atoms with Crippen molar-refractivity contribution >= 4 is 22.2 Å². The summed E-state index contributed by atoms with van der Waals surface area (Å²) in [6.07, 6.45) is 6.71. The maximum Gasteiger partial charge on any atom is 0.328 e. The summed E-state index contributed by atoms with van der Waals surface area (Å²) in [4.78, 5) is 32.5. The molecule has 0 aliphatic carbocycles. The van der Waals surface area contributed by atoms with Crippen LogP contribution in [0.3, 0.4) is 0 Å². The number of benzene rings is 1. The number of imidazole rings is 2. The minimum atomic E-state index is -0.223. The second-order valence-electron chi connectivity index (χ2n) is 5.88. The summed E-state index contributed by atoms with van der Waals surface area (Å²) in [5.74, 6) is 0.466. The number of hydrogen-bond acceptors (Lipinski definition) is 5.